The smallest absolute Gasteiger partial charge is 0.168 e. The van der Waals surface area contributed by atoms with Gasteiger partial charge in [-0.15, -0.1) is 0 Å². The molecule has 8 heteroatoms. The van der Waals surface area contributed by atoms with Crippen molar-refractivity contribution >= 4 is 87.2 Å². The Morgan fingerprint density at radius 3 is 0.805 bits per heavy atom. The minimum Gasteiger partial charge on any atom is -0.308 e. The van der Waals surface area contributed by atoms with E-state index in [0.29, 0.717) is 17.5 Å². The van der Waals surface area contributed by atoms with Crippen molar-refractivity contribution in [1.29, 1.82) is 0 Å². The average Bonchev–Trinajstić information content (AvgIpc) is 2.09. The molecule has 382 valence electrons. The molecule has 0 fully saturated rings. The summed E-state index contributed by atoms with van der Waals surface area (Å²) in [7, 11) is 0. The molecule has 0 aliphatic carbocycles. The Balaban J connectivity index is 1.26. The molecule has 0 spiro atoms. The second-order valence-electron chi connectivity index (χ2n) is 20.9. The Kier molecular flexibility index (Phi) is 10.1. The van der Waals surface area contributed by atoms with Crippen molar-refractivity contribution in [3.63, 3.8) is 0 Å². The topological polar surface area (TPSA) is 71.3 Å². The zero-order chi connectivity index (χ0) is 53.8. The molecule has 0 amide bonds. The van der Waals surface area contributed by atoms with Crippen LogP contribution in [0.3, 0.4) is 0 Å². The number of rotatable bonds is 8. The fourth-order valence-corrected chi connectivity index (χ4v) is 13.1. The Morgan fingerprint density at radius 2 is 0.476 bits per heavy atom. The van der Waals surface area contributed by atoms with Crippen LogP contribution in [0.5, 0.6) is 0 Å². The standard InChI is InChI=1S/C74H46N8/c1-3-24-47(25-4-1)72-76-73(48-26-5-2-6-27-48)78-74(77-72)67-68(79-58-37-15-7-29-50(58)51-30-8-16-38-59(51)79)66(49-28-23-45-75-46-49)69(80-60-39-17-9-31-52(60)53-32-10-18-40-61(53)80)71(82-64-43-21-13-35-56(64)57-36-14-22-44-65(57)82)70(67)81-62-41-19-11-33-54(62)55-34-12-20-42-63(55)81/h1-46H. The fourth-order valence-electron chi connectivity index (χ4n) is 13.1. The summed E-state index contributed by atoms with van der Waals surface area (Å²) >= 11 is 0. The van der Waals surface area contributed by atoms with Crippen LogP contribution in [0.25, 0.3) is 155 Å². The molecule has 8 nitrogen and oxygen atoms in total. The van der Waals surface area contributed by atoms with E-state index in [1.807, 2.05) is 24.5 Å². The molecule has 82 heavy (non-hydrogen) atoms. The van der Waals surface area contributed by atoms with Gasteiger partial charge in [0.05, 0.1) is 72.4 Å². The van der Waals surface area contributed by atoms with Crippen molar-refractivity contribution in [2.45, 2.75) is 0 Å². The first-order valence-electron chi connectivity index (χ1n) is 27.7. The molecule has 0 saturated carbocycles. The summed E-state index contributed by atoms with van der Waals surface area (Å²) in [5, 5.41) is 9.03. The van der Waals surface area contributed by atoms with Gasteiger partial charge < -0.3 is 18.3 Å². The highest BCUT2D eigenvalue weighted by atomic mass is 15.1. The molecule has 0 aliphatic rings. The van der Waals surface area contributed by atoms with Crippen molar-refractivity contribution in [2.24, 2.45) is 0 Å². The number of benzene rings is 11. The lowest BCUT2D eigenvalue weighted by molar-refractivity contribution is 1.02. The van der Waals surface area contributed by atoms with E-state index in [1.165, 1.54) is 0 Å². The van der Waals surface area contributed by atoms with E-state index in [-0.39, 0.29) is 0 Å². The quantitative estimate of drug-likeness (QED) is 0.152. The first kappa shape index (κ1) is 45.8. The number of fused-ring (bicyclic) bond motifs is 12. The van der Waals surface area contributed by atoms with Crippen LogP contribution in [0, 0.1) is 0 Å². The van der Waals surface area contributed by atoms with Crippen LogP contribution in [-0.2, 0) is 0 Å². The van der Waals surface area contributed by atoms with Crippen LogP contribution in [0.15, 0.2) is 279 Å². The van der Waals surface area contributed by atoms with Crippen LogP contribution >= 0.6 is 0 Å². The molecule has 0 unspecified atom stereocenters. The molecular formula is C74H46N8. The van der Waals surface area contributed by atoms with Gasteiger partial charge in [-0.05, 0) is 54.6 Å². The Hall–Kier alpha value is -11.2. The highest BCUT2D eigenvalue weighted by Gasteiger charge is 2.37. The number of hydrogen-bond acceptors (Lipinski definition) is 4. The summed E-state index contributed by atoms with van der Waals surface area (Å²) in [5.74, 6) is 1.61. The molecule has 6 heterocycles. The summed E-state index contributed by atoms with van der Waals surface area (Å²) < 4.78 is 10.1. The van der Waals surface area contributed by atoms with Crippen LogP contribution in [-0.4, -0.2) is 38.2 Å². The summed E-state index contributed by atoms with van der Waals surface area (Å²) in [6, 6.07) is 95.6. The monoisotopic (exact) mass is 1050 g/mol. The lowest BCUT2D eigenvalue weighted by Gasteiger charge is -2.30. The van der Waals surface area contributed by atoms with Crippen molar-refractivity contribution in [3.8, 4) is 68.0 Å². The maximum Gasteiger partial charge on any atom is 0.168 e. The van der Waals surface area contributed by atoms with Crippen molar-refractivity contribution < 1.29 is 0 Å². The van der Waals surface area contributed by atoms with Crippen molar-refractivity contribution in [2.75, 3.05) is 0 Å². The third kappa shape index (κ3) is 6.72. The van der Waals surface area contributed by atoms with Crippen molar-refractivity contribution in [1.82, 2.24) is 38.2 Å². The van der Waals surface area contributed by atoms with Gasteiger partial charge in [-0.3, -0.25) is 4.98 Å². The van der Waals surface area contributed by atoms with Gasteiger partial charge in [0.1, 0.15) is 0 Å². The molecule has 0 N–H and O–H groups in total. The van der Waals surface area contributed by atoms with Crippen LogP contribution in [0.4, 0.5) is 0 Å². The Morgan fingerprint density at radius 1 is 0.207 bits per heavy atom. The van der Waals surface area contributed by atoms with Crippen molar-refractivity contribution in [3.05, 3.63) is 279 Å². The zero-order valence-electron chi connectivity index (χ0n) is 44.1. The first-order valence-corrected chi connectivity index (χ1v) is 27.7. The number of para-hydroxylation sites is 8. The van der Waals surface area contributed by atoms with Gasteiger partial charge in [0, 0.05) is 77.7 Å². The van der Waals surface area contributed by atoms with E-state index in [9.17, 15) is 0 Å². The normalized spacial score (nSPS) is 11.9. The van der Waals surface area contributed by atoms with Gasteiger partial charge in [-0.2, -0.15) is 0 Å². The summed E-state index contributed by atoms with van der Waals surface area (Å²) in [5.41, 5.74) is 16.4. The van der Waals surface area contributed by atoms with E-state index < -0.39 is 0 Å². The highest BCUT2D eigenvalue weighted by molar-refractivity contribution is 6.18. The molecule has 0 aliphatic heterocycles. The van der Waals surface area contributed by atoms with Crippen LogP contribution in [0.2, 0.25) is 0 Å². The first-order chi connectivity index (χ1) is 40.8. The molecular weight excluding hydrogens is 1000 g/mol. The second kappa shape index (κ2) is 18.2. The largest absolute Gasteiger partial charge is 0.308 e. The Bertz CT molecular complexity index is 5130. The summed E-state index contributed by atoms with van der Waals surface area (Å²) in [4.78, 5) is 22.1. The number of aromatic nitrogens is 8. The third-order valence-electron chi connectivity index (χ3n) is 16.5. The van der Waals surface area contributed by atoms with Gasteiger partial charge in [0.25, 0.3) is 0 Å². The maximum absolute atomic E-state index is 5.85. The SMILES string of the molecule is c1ccc(-c2nc(-c3ccccc3)nc(-c3c(-n4c5ccccc5c5ccccc54)c(-c4cccnc4)c(-n4c5ccccc5c5ccccc54)c(-n4c5ccccc5c5ccccc54)c3-n3c4ccccc4c4ccccc43)n2)cc1. The van der Waals surface area contributed by atoms with Crippen LogP contribution < -0.4 is 0 Å². The molecule has 17 rings (SSSR count). The maximum atomic E-state index is 5.85. The predicted octanol–water partition coefficient (Wildman–Crippen LogP) is 18.3. The second-order valence-corrected chi connectivity index (χ2v) is 20.9. The Labute approximate surface area is 470 Å². The molecule has 0 atom stereocenters. The predicted molar refractivity (Wildman–Crippen MR) is 337 cm³/mol. The van der Waals surface area contributed by atoms with Gasteiger partial charge in [0.15, 0.2) is 17.5 Å². The minimum absolute atomic E-state index is 0.502. The zero-order valence-corrected chi connectivity index (χ0v) is 44.1. The lowest BCUT2D eigenvalue weighted by Crippen LogP contribution is -2.17. The highest BCUT2D eigenvalue weighted by Crippen LogP contribution is 2.54. The fraction of sp³-hybridized carbons (Fsp3) is 0. The summed E-state index contributed by atoms with van der Waals surface area (Å²) in [6.07, 6.45) is 3.90. The molecule has 0 radical (unpaired) electrons. The van der Waals surface area contributed by atoms with E-state index in [2.05, 4.69) is 273 Å². The summed E-state index contributed by atoms with van der Waals surface area (Å²) in [6.45, 7) is 0. The number of nitrogens with zero attached hydrogens (tertiary/aromatic N) is 8. The molecule has 6 aromatic heterocycles. The van der Waals surface area contributed by atoms with Gasteiger partial charge in [0.2, 0.25) is 0 Å². The lowest BCUT2D eigenvalue weighted by atomic mass is 9.93. The van der Waals surface area contributed by atoms with Gasteiger partial charge in [-0.1, -0.05) is 212 Å². The van der Waals surface area contributed by atoms with Crippen LogP contribution in [0.1, 0.15) is 0 Å². The number of pyridine rings is 1. The van der Waals surface area contributed by atoms with E-state index in [4.69, 9.17) is 19.9 Å². The minimum atomic E-state index is 0.502. The number of hydrogen-bond donors (Lipinski definition) is 0. The van der Waals surface area contributed by atoms with E-state index >= 15 is 0 Å². The molecule has 17 aromatic rings. The average molecular weight is 1050 g/mol. The van der Waals surface area contributed by atoms with Gasteiger partial charge in [-0.25, -0.2) is 15.0 Å². The van der Waals surface area contributed by atoms with E-state index in [1.54, 1.807) is 0 Å². The van der Waals surface area contributed by atoms with E-state index in [0.717, 1.165) is 138 Å². The molecule has 0 bridgehead atoms. The third-order valence-corrected chi connectivity index (χ3v) is 16.5. The molecule has 11 aromatic carbocycles. The molecule has 0 saturated heterocycles. The van der Waals surface area contributed by atoms with Gasteiger partial charge >= 0.3 is 0 Å².